The summed E-state index contributed by atoms with van der Waals surface area (Å²) in [5, 5.41) is 1.11. The third kappa shape index (κ3) is 2.66. The highest BCUT2D eigenvalue weighted by molar-refractivity contribution is 5.95. The van der Waals surface area contributed by atoms with Crippen molar-refractivity contribution in [3.63, 3.8) is 0 Å². The fourth-order valence-corrected chi connectivity index (χ4v) is 3.61. The van der Waals surface area contributed by atoms with Crippen molar-refractivity contribution in [2.24, 2.45) is 0 Å². The fourth-order valence-electron chi connectivity index (χ4n) is 3.61. The standard InChI is InChI=1S/C23H18N4/c1-16(17-7-3-2-4-8-17)27-15-26-22-14-25-21(13-23(22)27)19-9-5-11-20-18(19)10-6-12-24-20/h2-16H,1H3/t16-/m0/s1. The monoisotopic (exact) mass is 350 g/mol. The van der Waals surface area contributed by atoms with Crippen molar-refractivity contribution in [1.29, 1.82) is 0 Å². The summed E-state index contributed by atoms with van der Waals surface area (Å²) in [5.74, 6) is 0. The number of imidazole rings is 1. The summed E-state index contributed by atoms with van der Waals surface area (Å²) in [6, 6.07) is 23.0. The maximum atomic E-state index is 4.67. The van der Waals surface area contributed by atoms with E-state index < -0.39 is 0 Å². The van der Waals surface area contributed by atoms with E-state index in [1.807, 2.05) is 43.0 Å². The topological polar surface area (TPSA) is 43.6 Å². The Morgan fingerprint density at radius 3 is 2.59 bits per heavy atom. The molecule has 0 radical (unpaired) electrons. The van der Waals surface area contributed by atoms with Crippen LogP contribution in [0.2, 0.25) is 0 Å². The van der Waals surface area contributed by atoms with Crippen molar-refractivity contribution < 1.29 is 0 Å². The van der Waals surface area contributed by atoms with E-state index in [1.165, 1.54) is 5.56 Å². The molecule has 4 nitrogen and oxygen atoms in total. The summed E-state index contributed by atoms with van der Waals surface area (Å²) < 4.78 is 2.21. The molecular weight excluding hydrogens is 332 g/mol. The molecule has 2 aromatic carbocycles. The van der Waals surface area contributed by atoms with Gasteiger partial charge in [-0.25, -0.2) is 4.98 Å². The Balaban J connectivity index is 1.67. The van der Waals surface area contributed by atoms with Crippen LogP contribution in [0.25, 0.3) is 33.2 Å². The van der Waals surface area contributed by atoms with Crippen LogP contribution in [0, 0.1) is 0 Å². The lowest BCUT2D eigenvalue weighted by molar-refractivity contribution is 0.658. The van der Waals surface area contributed by atoms with Crippen LogP contribution in [0.4, 0.5) is 0 Å². The maximum Gasteiger partial charge on any atom is 0.107 e. The Kier molecular flexibility index (Phi) is 3.68. The molecule has 0 saturated carbocycles. The first kappa shape index (κ1) is 15.7. The molecule has 0 aliphatic carbocycles. The second kappa shape index (κ2) is 6.32. The first-order valence-electron chi connectivity index (χ1n) is 9.03. The van der Waals surface area contributed by atoms with Gasteiger partial charge in [-0.3, -0.25) is 9.97 Å². The first-order chi connectivity index (χ1) is 13.3. The molecule has 0 saturated heterocycles. The molecule has 0 bridgehead atoms. The second-order valence-electron chi connectivity index (χ2n) is 6.67. The van der Waals surface area contributed by atoms with E-state index in [9.17, 15) is 0 Å². The first-order valence-corrected chi connectivity index (χ1v) is 9.03. The molecule has 0 fully saturated rings. The van der Waals surface area contributed by atoms with Gasteiger partial charge in [-0.1, -0.05) is 48.5 Å². The Bertz CT molecular complexity index is 1240. The average Bonchev–Trinajstić information content (AvgIpc) is 3.16. The third-order valence-corrected chi connectivity index (χ3v) is 5.08. The van der Waals surface area contributed by atoms with Gasteiger partial charge in [0.1, 0.15) is 5.52 Å². The van der Waals surface area contributed by atoms with E-state index in [4.69, 9.17) is 0 Å². The SMILES string of the molecule is C[C@@H](c1ccccc1)n1cnc2cnc(-c3cccc4ncccc34)cc21. The molecule has 0 aliphatic heterocycles. The molecule has 130 valence electrons. The van der Waals surface area contributed by atoms with Crippen molar-refractivity contribution in [2.45, 2.75) is 13.0 Å². The summed E-state index contributed by atoms with van der Waals surface area (Å²) in [5.41, 5.74) is 6.23. The predicted molar refractivity (Wildman–Crippen MR) is 109 cm³/mol. The summed E-state index contributed by atoms with van der Waals surface area (Å²) in [7, 11) is 0. The molecule has 4 heteroatoms. The Hall–Kier alpha value is -3.53. The zero-order chi connectivity index (χ0) is 18.2. The second-order valence-corrected chi connectivity index (χ2v) is 6.67. The van der Waals surface area contributed by atoms with Crippen molar-refractivity contribution >= 4 is 21.9 Å². The minimum Gasteiger partial charge on any atom is -0.323 e. The zero-order valence-electron chi connectivity index (χ0n) is 14.9. The molecule has 3 aromatic heterocycles. The normalized spacial score (nSPS) is 12.5. The van der Waals surface area contributed by atoms with Crippen LogP contribution in [-0.2, 0) is 0 Å². The number of pyridine rings is 2. The van der Waals surface area contributed by atoms with E-state index in [0.717, 1.165) is 33.2 Å². The van der Waals surface area contributed by atoms with E-state index in [0.29, 0.717) is 0 Å². The average molecular weight is 350 g/mol. The van der Waals surface area contributed by atoms with Crippen molar-refractivity contribution in [1.82, 2.24) is 19.5 Å². The summed E-state index contributed by atoms with van der Waals surface area (Å²) in [4.78, 5) is 13.7. The fraction of sp³-hybridized carbons (Fsp3) is 0.0870. The van der Waals surface area contributed by atoms with Gasteiger partial charge in [0, 0.05) is 17.1 Å². The molecule has 0 unspecified atom stereocenters. The van der Waals surface area contributed by atoms with Gasteiger partial charge < -0.3 is 4.57 Å². The van der Waals surface area contributed by atoms with E-state index in [2.05, 4.69) is 68.9 Å². The number of nitrogens with zero attached hydrogens (tertiary/aromatic N) is 4. The maximum absolute atomic E-state index is 4.67. The smallest absolute Gasteiger partial charge is 0.107 e. The number of benzene rings is 2. The molecule has 0 spiro atoms. The molecule has 5 rings (SSSR count). The predicted octanol–water partition coefficient (Wildman–Crippen LogP) is 5.26. The molecule has 0 N–H and O–H groups in total. The van der Waals surface area contributed by atoms with Gasteiger partial charge in [0.15, 0.2) is 0 Å². The number of hydrogen-bond acceptors (Lipinski definition) is 3. The van der Waals surface area contributed by atoms with Gasteiger partial charge in [0.25, 0.3) is 0 Å². The highest BCUT2D eigenvalue weighted by Crippen LogP contribution is 2.29. The van der Waals surface area contributed by atoms with E-state index >= 15 is 0 Å². The number of hydrogen-bond donors (Lipinski definition) is 0. The van der Waals surface area contributed by atoms with Crippen LogP contribution in [0.3, 0.4) is 0 Å². The number of rotatable bonds is 3. The highest BCUT2D eigenvalue weighted by Gasteiger charge is 2.13. The van der Waals surface area contributed by atoms with Gasteiger partial charge in [0.05, 0.1) is 35.3 Å². The van der Waals surface area contributed by atoms with E-state index in [1.54, 1.807) is 0 Å². The molecule has 0 aliphatic rings. The summed E-state index contributed by atoms with van der Waals surface area (Å²) >= 11 is 0. The Morgan fingerprint density at radius 1 is 0.815 bits per heavy atom. The largest absolute Gasteiger partial charge is 0.323 e. The molecule has 3 heterocycles. The molecule has 5 aromatic rings. The van der Waals surface area contributed by atoms with Crippen LogP contribution in [0.5, 0.6) is 0 Å². The number of aromatic nitrogens is 4. The molecule has 0 amide bonds. The van der Waals surface area contributed by atoms with Gasteiger partial charge >= 0.3 is 0 Å². The lowest BCUT2D eigenvalue weighted by Gasteiger charge is -2.15. The van der Waals surface area contributed by atoms with Crippen LogP contribution in [0.1, 0.15) is 18.5 Å². The lowest BCUT2D eigenvalue weighted by atomic mass is 10.0. The van der Waals surface area contributed by atoms with Crippen LogP contribution >= 0.6 is 0 Å². The van der Waals surface area contributed by atoms with Gasteiger partial charge in [-0.2, -0.15) is 0 Å². The Morgan fingerprint density at radius 2 is 1.70 bits per heavy atom. The van der Waals surface area contributed by atoms with E-state index in [-0.39, 0.29) is 6.04 Å². The number of fused-ring (bicyclic) bond motifs is 2. The van der Waals surface area contributed by atoms with Gasteiger partial charge in [0.2, 0.25) is 0 Å². The van der Waals surface area contributed by atoms with Gasteiger partial charge in [-0.15, -0.1) is 0 Å². The zero-order valence-corrected chi connectivity index (χ0v) is 14.9. The van der Waals surface area contributed by atoms with Crippen molar-refractivity contribution in [3.8, 4) is 11.3 Å². The highest BCUT2D eigenvalue weighted by atomic mass is 15.1. The Labute approximate surface area is 157 Å². The summed E-state index contributed by atoms with van der Waals surface area (Å²) in [6.45, 7) is 2.19. The molecule has 1 atom stereocenters. The quantitative estimate of drug-likeness (QED) is 0.446. The van der Waals surface area contributed by atoms with Crippen molar-refractivity contribution in [2.75, 3.05) is 0 Å². The van der Waals surface area contributed by atoms with Crippen LogP contribution in [0.15, 0.2) is 85.5 Å². The minimum atomic E-state index is 0.195. The third-order valence-electron chi connectivity index (χ3n) is 5.08. The molecule has 27 heavy (non-hydrogen) atoms. The van der Waals surface area contributed by atoms with Gasteiger partial charge in [-0.05, 0) is 30.7 Å². The van der Waals surface area contributed by atoms with Crippen molar-refractivity contribution in [3.05, 3.63) is 91.0 Å². The summed E-state index contributed by atoms with van der Waals surface area (Å²) in [6.07, 6.45) is 5.58. The lowest BCUT2D eigenvalue weighted by Crippen LogP contribution is -2.05. The minimum absolute atomic E-state index is 0.195. The van der Waals surface area contributed by atoms with Crippen LogP contribution in [-0.4, -0.2) is 19.5 Å². The molecular formula is C23H18N4. The van der Waals surface area contributed by atoms with Crippen LogP contribution < -0.4 is 0 Å².